The number of aldehydes is 1. The quantitative estimate of drug-likeness (QED) is 0.367. The molecule has 0 saturated heterocycles. The molecule has 1 N–H and O–H groups in total. The van der Waals surface area contributed by atoms with Crippen molar-refractivity contribution in [3.63, 3.8) is 0 Å². The molecule has 1 atom stereocenters. The summed E-state index contributed by atoms with van der Waals surface area (Å²) in [5, 5.41) is 9.90. The summed E-state index contributed by atoms with van der Waals surface area (Å²) in [4.78, 5) is 11.3. The molecule has 0 saturated carbocycles. The Labute approximate surface area is 135 Å². The zero-order chi connectivity index (χ0) is 16.2. The summed E-state index contributed by atoms with van der Waals surface area (Å²) in [5.41, 5.74) is 1.53. The average Bonchev–Trinajstić information content (AvgIpc) is 2.53. The van der Waals surface area contributed by atoms with Crippen molar-refractivity contribution in [2.75, 3.05) is 0 Å². The summed E-state index contributed by atoms with van der Waals surface area (Å²) >= 11 is 0. The number of aromatic hydroxyl groups is 1. The van der Waals surface area contributed by atoms with Crippen LogP contribution < -0.4 is 0 Å². The van der Waals surface area contributed by atoms with E-state index in [9.17, 15) is 9.90 Å². The van der Waals surface area contributed by atoms with Crippen LogP contribution in [0.25, 0.3) is 0 Å². The highest BCUT2D eigenvalue weighted by Crippen LogP contribution is 2.33. The minimum absolute atomic E-state index is 0.122. The Balaban J connectivity index is 2.64. The minimum Gasteiger partial charge on any atom is -0.507 e. The number of hydrogen-bond acceptors (Lipinski definition) is 2. The fourth-order valence-corrected chi connectivity index (χ4v) is 3.13. The van der Waals surface area contributed by atoms with Crippen molar-refractivity contribution in [2.24, 2.45) is 0 Å². The van der Waals surface area contributed by atoms with Crippen molar-refractivity contribution < 1.29 is 9.90 Å². The summed E-state index contributed by atoms with van der Waals surface area (Å²) in [6.45, 7) is 4.44. The van der Waals surface area contributed by atoms with Gasteiger partial charge in [-0.3, -0.25) is 4.79 Å². The summed E-state index contributed by atoms with van der Waals surface area (Å²) in [5.74, 6) is 0.523. The van der Waals surface area contributed by atoms with Crippen molar-refractivity contribution in [1.29, 1.82) is 0 Å². The van der Waals surface area contributed by atoms with Crippen LogP contribution in [0.2, 0.25) is 0 Å². The van der Waals surface area contributed by atoms with Crippen LogP contribution in [0.5, 0.6) is 5.75 Å². The Bertz CT molecular complexity index is 426. The van der Waals surface area contributed by atoms with Gasteiger partial charge in [0.15, 0.2) is 6.29 Å². The van der Waals surface area contributed by atoms with E-state index in [4.69, 9.17) is 0 Å². The van der Waals surface area contributed by atoms with Crippen LogP contribution in [0.15, 0.2) is 18.2 Å². The van der Waals surface area contributed by atoms with E-state index in [2.05, 4.69) is 13.8 Å². The molecule has 0 aliphatic carbocycles. The number of phenolic OH excluding ortho intramolecular Hbond substituents is 1. The van der Waals surface area contributed by atoms with E-state index in [0.29, 0.717) is 11.5 Å². The fourth-order valence-electron chi connectivity index (χ4n) is 3.13. The van der Waals surface area contributed by atoms with E-state index >= 15 is 0 Å². The number of hydrogen-bond donors (Lipinski definition) is 1. The fraction of sp³-hybridized carbons (Fsp3) is 0.650. The molecular weight excluding hydrogens is 272 g/mol. The molecule has 0 fully saturated rings. The Morgan fingerprint density at radius 3 is 2.27 bits per heavy atom. The number of unbranched alkanes of at least 4 members (excludes halogenated alkanes) is 6. The molecule has 0 aliphatic rings. The van der Waals surface area contributed by atoms with Gasteiger partial charge in [-0.1, -0.05) is 77.3 Å². The first kappa shape index (κ1) is 18.7. The lowest BCUT2D eigenvalue weighted by atomic mass is 9.86. The first-order valence-electron chi connectivity index (χ1n) is 9.01. The summed E-state index contributed by atoms with van der Waals surface area (Å²) < 4.78 is 0. The summed E-state index contributed by atoms with van der Waals surface area (Å²) in [6.07, 6.45) is 13.1. The first-order chi connectivity index (χ1) is 10.7. The third-order valence-corrected chi connectivity index (χ3v) is 4.49. The average molecular weight is 304 g/mol. The van der Waals surface area contributed by atoms with E-state index in [1.807, 2.05) is 12.1 Å². The maximum atomic E-state index is 11.3. The lowest BCUT2D eigenvalue weighted by Crippen LogP contribution is -2.04. The Morgan fingerprint density at radius 2 is 1.59 bits per heavy atom. The molecule has 2 heteroatoms. The molecule has 0 bridgehead atoms. The molecule has 0 amide bonds. The van der Waals surface area contributed by atoms with Gasteiger partial charge in [0.1, 0.15) is 5.75 Å². The van der Waals surface area contributed by atoms with Crippen molar-refractivity contribution in [1.82, 2.24) is 0 Å². The maximum Gasteiger partial charge on any atom is 0.154 e. The normalized spacial score (nSPS) is 12.3. The van der Waals surface area contributed by atoms with Gasteiger partial charge in [0.05, 0.1) is 5.56 Å². The van der Waals surface area contributed by atoms with Gasteiger partial charge in [-0.15, -0.1) is 0 Å². The topological polar surface area (TPSA) is 37.3 Å². The van der Waals surface area contributed by atoms with Crippen molar-refractivity contribution in [2.45, 2.75) is 84.0 Å². The Hall–Kier alpha value is -1.31. The molecular formula is C20H32O2. The number of phenols is 1. The van der Waals surface area contributed by atoms with E-state index < -0.39 is 0 Å². The van der Waals surface area contributed by atoms with Crippen LogP contribution in [0.3, 0.4) is 0 Å². The zero-order valence-corrected chi connectivity index (χ0v) is 14.3. The second-order valence-corrected chi connectivity index (χ2v) is 6.29. The van der Waals surface area contributed by atoms with Gasteiger partial charge in [-0.25, -0.2) is 0 Å². The van der Waals surface area contributed by atoms with Gasteiger partial charge >= 0.3 is 0 Å². The van der Waals surface area contributed by atoms with Gasteiger partial charge in [-0.05, 0) is 30.4 Å². The second-order valence-electron chi connectivity index (χ2n) is 6.29. The molecule has 1 aromatic rings. The predicted molar refractivity (Wildman–Crippen MR) is 93.8 cm³/mol. The molecule has 1 rings (SSSR count). The third-order valence-electron chi connectivity index (χ3n) is 4.49. The molecule has 1 aromatic carbocycles. The van der Waals surface area contributed by atoms with E-state index in [1.165, 1.54) is 51.4 Å². The van der Waals surface area contributed by atoms with Crippen LogP contribution >= 0.6 is 0 Å². The van der Waals surface area contributed by atoms with Gasteiger partial charge in [0.2, 0.25) is 0 Å². The second kappa shape index (κ2) is 11.3. The summed E-state index contributed by atoms with van der Waals surface area (Å²) in [7, 11) is 0. The van der Waals surface area contributed by atoms with Crippen molar-refractivity contribution in [3.05, 3.63) is 29.3 Å². The number of benzene rings is 1. The predicted octanol–water partition coefficient (Wildman–Crippen LogP) is 6.23. The smallest absolute Gasteiger partial charge is 0.154 e. The lowest BCUT2D eigenvalue weighted by molar-refractivity contribution is 0.111. The van der Waals surface area contributed by atoms with Gasteiger partial charge in [-0.2, -0.15) is 0 Å². The highest BCUT2D eigenvalue weighted by molar-refractivity contribution is 5.81. The van der Waals surface area contributed by atoms with E-state index in [-0.39, 0.29) is 5.75 Å². The number of carbonyl (C=O) groups is 1. The minimum atomic E-state index is 0.122. The van der Waals surface area contributed by atoms with Gasteiger partial charge in [0, 0.05) is 0 Å². The standard InChI is InChI=1S/C20H32O2/c1-3-5-7-8-9-10-13-17(12-6-4-2)18-14-11-15-20(22)19(18)16-21/h11,14-17,22H,3-10,12-13H2,1-2H3. The van der Waals surface area contributed by atoms with Crippen molar-refractivity contribution in [3.8, 4) is 5.75 Å². The highest BCUT2D eigenvalue weighted by Gasteiger charge is 2.16. The van der Waals surface area contributed by atoms with E-state index in [0.717, 1.165) is 24.7 Å². The Morgan fingerprint density at radius 1 is 0.955 bits per heavy atom. The molecule has 0 aliphatic heterocycles. The monoisotopic (exact) mass is 304 g/mol. The molecule has 22 heavy (non-hydrogen) atoms. The molecule has 0 aromatic heterocycles. The SMILES string of the molecule is CCCCCCCCC(CCCC)c1cccc(O)c1C=O. The highest BCUT2D eigenvalue weighted by atomic mass is 16.3. The number of rotatable bonds is 12. The lowest BCUT2D eigenvalue weighted by Gasteiger charge is -2.19. The van der Waals surface area contributed by atoms with Crippen LogP contribution in [-0.2, 0) is 0 Å². The first-order valence-corrected chi connectivity index (χ1v) is 9.01. The van der Waals surface area contributed by atoms with Crippen LogP contribution in [0.1, 0.15) is 99.9 Å². The molecule has 0 spiro atoms. The third kappa shape index (κ3) is 6.21. The summed E-state index contributed by atoms with van der Waals surface area (Å²) in [6, 6.07) is 5.48. The molecule has 2 nitrogen and oxygen atoms in total. The molecule has 1 unspecified atom stereocenters. The van der Waals surface area contributed by atoms with Crippen LogP contribution in [-0.4, -0.2) is 11.4 Å². The largest absolute Gasteiger partial charge is 0.507 e. The Kier molecular flexibility index (Phi) is 9.61. The van der Waals surface area contributed by atoms with Crippen LogP contribution in [0.4, 0.5) is 0 Å². The zero-order valence-electron chi connectivity index (χ0n) is 14.3. The maximum absolute atomic E-state index is 11.3. The van der Waals surface area contributed by atoms with Gasteiger partial charge < -0.3 is 5.11 Å². The van der Waals surface area contributed by atoms with Crippen LogP contribution in [0, 0.1) is 0 Å². The molecule has 0 radical (unpaired) electrons. The molecule has 124 valence electrons. The molecule has 0 heterocycles. The van der Waals surface area contributed by atoms with Gasteiger partial charge in [0.25, 0.3) is 0 Å². The van der Waals surface area contributed by atoms with E-state index in [1.54, 1.807) is 6.07 Å². The van der Waals surface area contributed by atoms with Crippen molar-refractivity contribution >= 4 is 6.29 Å². The number of carbonyl (C=O) groups excluding carboxylic acids is 1.